The number of rotatable bonds is 5. The zero-order valence-corrected chi connectivity index (χ0v) is 13.4. The zero-order chi connectivity index (χ0) is 16.1. The molecule has 1 N–H and O–H groups in total. The van der Waals surface area contributed by atoms with Crippen molar-refractivity contribution in [1.29, 1.82) is 0 Å². The van der Waals surface area contributed by atoms with E-state index >= 15 is 0 Å². The van der Waals surface area contributed by atoms with Gasteiger partial charge in [0.25, 0.3) is 5.91 Å². The molecule has 120 valence electrons. The quantitative estimate of drug-likeness (QED) is 0.912. The molecule has 2 aromatic rings. The van der Waals surface area contributed by atoms with Gasteiger partial charge in [0.1, 0.15) is 11.6 Å². The molecule has 0 unspecified atom stereocenters. The molecule has 0 saturated carbocycles. The first-order valence-electron chi connectivity index (χ1n) is 7.60. The number of hydrogen-bond donors (Lipinski definition) is 1. The van der Waals surface area contributed by atoms with Crippen LogP contribution in [0.3, 0.4) is 0 Å². The van der Waals surface area contributed by atoms with E-state index in [0.717, 1.165) is 18.9 Å². The lowest BCUT2D eigenvalue weighted by molar-refractivity contribution is -0.118. The average molecular weight is 332 g/mol. The van der Waals surface area contributed by atoms with Gasteiger partial charge in [0.2, 0.25) is 0 Å². The second-order valence-electron chi connectivity index (χ2n) is 5.37. The summed E-state index contributed by atoms with van der Waals surface area (Å²) in [5.74, 6) is 1.19. The molecule has 1 fully saturated rings. The first kappa shape index (κ1) is 15.6. The molecular weight excluding hydrogens is 314 g/mol. The van der Waals surface area contributed by atoms with Gasteiger partial charge >= 0.3 is 0 Å². The number of hydrogen-bond acceptors (Lipinski definition) is 4. The van der Waals surface area contributed by atoms with E-state index in [1.807, 2.05) is 18.2 Å². The second-order valence-corrected chi connectivity index (χ2v) is 5.77. The van der Waals surface area contributed by atoms with Crippen LogP contribution in [0.4, 0.5) is 11.5 Å². The van der Waals surface area contributed by atoms with E-state index in [2.05, 4.69) is 15.2 Å². The molecule has 23 heavy (non-hydrogen) atoms. The molecule has 1 aromatic carbocycles. The third-order valence-corrected chi connectivity index (χ3v) is 3.97. The van der Waals surface area contributed by atoms with E-state index in [-0.39, 0.29) is 12.5 Å². The Bertz CT molecular complexity index is 670. The van der Waals surface area contributed by atoms with Crippen molar-refractivity contribution in [2.75, 3.05) is 29.9 Å². The normalized spacial score (nSPS) is 13.9. The lowest BCUT2D eigenvalue weighted by Crippen LogP contribution is -2.21. The average Bonchev–Trinajstić information content (AvgIpc) is 3.09. The molecule has 2 heterocycles. The van der Waals surface area contributed by atoms with Crippen molar-refractivity contribution in [3.05, 3.63) is 47.6 Å². The summed E-state index contributed by atoms with van der Waals surface area (Å²) in [6, 6.07) is 10.8. The third-order valence-electron chi connectivity index (χ3n) is 3.66. The molecule has 6 heteroatoms. The number of ether oxygens (including phenoxy) is 1. The van der Waals surface area contributed by atoms with Gasteiger partial charge in [-0.3, -0.25) is 4.79 Å². The van der Waals surface area contributed by atoms with Gasteiger partial charge in [-0.25, -0.2) is 4.98 Å². The molecule has 1 aliphatic rings. The number of para-hydroxylation sites is 1. The Hall–Kier alpha value is -2.27. The minimum atomic E-state index is -0.249. The number of halogens is 1. The number of nitrogens with zero attached hydrogens (tertiary/aromatic N) is 2. The number of carbonyl (C=O) groups excluding carboxylic acids is 1. The number of anilines is 2. The van der Waals surface area contributed by atoms with Gasteiger partial charge in [0.05, 0.1) is 16.9 Å². The predicted octanol–water partition coefficient (Wildman–Crippen LogP) is 3.35. The van der Waals surface area contributed by atoms with Gasteiger partial charge in [-0.05, 0) is 37.1 Å². The zero-order valence-electron chi connectivity index (χ0n) is 12.7. The van der Waals surface area contributed by atoms with Crippen LogP contribution in [0.1, 0.15) is 12.8 Å². The summed E-state index contributed by atoms with van der Waals surface area (Å²) in [7, 11) is 0. The van der Waals surface area contributed by atoms with Crippen LogP contribution in [0.2, 0.25) is 5.02 Å². The number of carbonyl (C=O) groups is 1. The van der Waals surface area contributed by atoms with E-state index < -0.39 is 0 Å². The Labute approximate surface area is 140 Å². The molecule has 0 spiro atoms. The molecule has 1 aliphatic heterocycles. The van der Waals surface area contributed by atoms with Crippen LogP contribution in [0.15, 0.2) is 42.6 Å². The number of amides is 1. The fraction of sp³-hybridized carbons (Fsp3) is 0.294. The largest absolute Gasteiger partial charge is 0.482 e. The number of aromatic nitrogens is 1. The molecule has 0 radical (unpaired) electrons. The topological polar surface area (TPSA) is 54.5 Å². The summed E-state index contributed by atoms with van der Waals surface area (Å²) >= 11 is 5.98. The van der Waals surface area contributed by atoms with Gasteiger partial charge in [-0.15, -0.1) is 0 Å². The van der Waals surface area contributed by atoms with Crippen LogP contribution in [0, 0.1) is 0 Å². The predicted molar refractivity (Wildman–Crippen MR) is 91.3 cm³/mol. The van der Waals surface area contributed by atoms with Gasteiger partial charge < -0.3 is 15.0 Å². The van der Waals surface area contributed by atoms with Crippen molar-refractivity contribution in [2.45, 2.75) is 12.8 Å². The molecule has 3 rings (SSSR count). The summed E-state index contributed by atoms with van der Waals surface area (Å²) in [6.07, 6.45) is 4.08. The third kappa shape index (κ3) is 4.13. The van der Waals surface area contributed by atoms with E-state index in [1.54, 1.807) is 24.4 Å². The smallest absolute Gasteiger partial charge is 0.262 e. The van der Waals surface area contributed by atoms with Crippen molar-refractivity contribution in [2.24, 2.45) is 0 Å². The van der Waals surface area contributed by atoms with Crippen LogP contribution in [0.5, 0.6) is 5.75 Å². The van der Waals surface area contributed by atoms with E-state index in [1.165, 1.54) is 12.8 Å². The van der Waals surface area contributed by atoms with Gasteiger partial charge in [0, 0.05) is 13.1 Å². The van der Waals surface area contributed by atoms with E-state index in [9.17, 15) is 4.79 Å². The van der Waals surface area contributed by atoms with E-state index in [4.69, 9.17) is 16.3 Å². The van der Waals surface area contributed by atoms with Crippen molar-refractivity contribution >= 4 is 29.0 Å². The maximum Gasteiger partial charge on any atom is 0.262 e. The molecule has 1 aromatic heterocycles. The van der Waals surface area contributed by atoms with Crippen LogP contribution in [-0.4, -0.2) is 30.6 Å². The van der Waals surface area contributed by atoms with Crippen LogP contribution in [0.25, 0.3) is 0 Å². The first-order chi connectivity index (χ1) is 11.2. The minimum Gasteiger partial charge on any atom is -0.482 e. The lowest BCUT2D eigenvalue weighted by atomic mass is 10.3. The van der Waals surface area contributed by atoms with Gasteiger partial charge in [0.15, 0.2) is 6.61 Å². The number of nitrogens with one attached hydrogen (secondary N) is 1. The highest BCUT2D eigenvalue weighted by atomic mass is 35.5. The molecule has 5 nitrogen and oxygen atoms in total. The molecular formula is C17H18ClN3O2. The molecule has 1 saturated heterocycles. The summed E-state index contributed by atoms with van der Waals surface area (Å²) in [5, 5.41) is 3.24. The van der Waals surface area contributed by atoms with Crippen molar-refractivity contribution in [1.82, 2.24) is 4.98 Å². The molecule has 0 atom stereocenters. The SMILES string of the molecule is O=C(COc1ccccc1Cl)Nc1ccc(N2CCCC2)nc1. The number of benzene rings is 1. The van der Waals surface area contributed by atoms with Gasteiger partial charge in [-0.1, -0.05) is 23.7 Å². The minimum absolute atomic E-state index is 0.0996. The Morgan fingerprint density at radius 3 is 2.70 bits per heavy atom. The molecule has 0 aliphatic carbocycles. The van der Waals surface area contributed by atoms with E-state index in [0.29, 0.717) is 16.5 Å². The Balaban J connectivity index is 1.52. The molecule has 0 bridgehead atoms. The highest BCUT2D eigenvalue weighted by Gasteiger charge is 2.13. The van der Waals surface area contributed by atoms with Crippen LogP contribution >= 0.6 is 11.6 Å². The fourth-order valence-electron chi connectivity index (χ4n) is 2.50. The maximum atomic E-state index is 11.9. The Morgan fingerprint density at radius 2 is 2.00 bits per heavy atom. The Kier molecular flexibility index (Phi) is 4.98. The molecule has 1 amide bonds. The highest BCUT2D eigenvalue weighted by Crippen LogP contribution is 2.23. The van der Waals surface area contributed by atoms with Crippen molar-refractivity contribution in [3.63, 3.8) is 0 Å². The van der Waals surface area contributed by atoms with Gasteiger partial charge in [-0.2, -0.15) is 0 Å². The summed E-state index contributed by atoms with van der Waals surface area (Å²) in [6.45, 7) is 1.99. The van der Waals surface area contributed by atoms with Crippen molar-refractivity contribution in [3.8, 4) is 5.75 Å². The van der Waals surface area contributed by atoms with Crippen LogP contribution in [-0.2, 0) is 4.79 Å². The lowest BCUT2D eigenvalue weighted by Gasteiger charge is -2.16. The summed E-state index contributed by atoms with van der Waals surface area (Å²) < 4.78 is 5.40. The standard InChI is InChI=1S/C17H18ClN3O2/c18-14-5-1-2-6-15(14)23-12-17(22)20-13-7-8-16(19-11-13)21-9-3-4-10-21/h1-2,5-8,11H,3-4,9-10,12H2,(H,20,22). The second kappa shape index (κ2) is 7.33. The van der Waals surface area contributed by atoms with Crippen molar-refractivity contribution < 1.29 is 9.53 Å². The number of pyridine rings is 1. The van der Waals surface area contributed by atoms with Crippen LogP contribution < -0.4 is 15.0 Å². The summed E-state index contributed by atoms with van der Waals surface area (Å²) in [4.78, 5) is 18.6. The Morgan fingerprint density at radius 1 is 1.22 bits per heavy atom. The highest BCUT2D eigenvalue weighted by molar-refractivity contribution is 6.32. The summed E-state index contributed by atoms with van der Waals surface area (Å²) in [5.41, 5.74) is 0.653. The monoisotopic (exact) mass is 331 g/mol. The maximum absolute atomic E-state index is 11.9. The first-order valence-corrected chi connectivity index (χ1v) is 7.98. The fourth-order valence-corrected chi connectivity index (χ4v) is 2.69.